The van der Waals surface area contributed by atoms with Gasteiger partial charge in [-0.15, -0.1) is 0 Å². The van der Waals surface area contributed by atoms with Crippen LogP contribution in [0, 0.1) is 10.1 Å². The van der Waals surface area contributed by atoms with Crippen LogP contribution in [0.1, 0.15) is 30.1 Å². The number of alkyl halides is 6. The number of hydrogen-bond donors (Lipinski definition) is 0. The lowest BCUT2D eigenvalue weighted by Crippen LogP contribution is -2.28. The Kier molecular flexibility index (Phi) is 5.01. The monoisotopic (exact) mass is 422 g/mol. The molecular weight excluding hydrogens is 410 g/mol. The summed E-state index contributed by atoms with van der Waals surface area (Å²) in [5.74, 6) is -0.260. The van der Waals surface area contributed by atoms with Crippen molar-refractivity contribution < 1.29 is 36.0 Å². The lowest BCUT2D eigenvalue weighted by atomic mass is 10.1. The van der Waals surface area contributed by atoms with Gasteiger partial charge in [0.1, 0.15) is 0 Å². The van der Waals surface area contributed by atoms with Gasteiger partial charge in [0.15, 0.2) is 11.6 Å². The molecule has 156 valence electrons. The Bertz CT molecular complexity index is 1020. The first kappa shape index (κ1) is 20.6. The maximum Gasteiger partial charge on any atom is 0.433 e. The number of aromatic nitrogens is 2. The second-order valence-electron chi connectivity index (χ2n) is 6.15. The molecule has 1 fully saturated rings. The molecule has 7 nitrogen and oxygen atoms in total. The number of benzene rings is 1. The van der Waals surface area contributed by atoms with E-state index in [0.29, 0.717) is 25.0 Å². The smallest absolute Gasteiger partial charge is 0.433 e. The molecule has 0 spiro atoms. The molecule has 13 heteroatoms. The van der Waals surface area contributed by atoms with Gasteiger partial charge in [0, 0.05) is 24.2 Å². The first-order valence-corrected chi connectivity index (χ1v) is 8.07. The Hall–Kier alpha value is -3.12. The molecule has 1 aliphatic rings. The lowest BCUT2D eigenvalue weighted by molar-refractivity contribution is -0.385. The van der Waals surface area contributed by atoms with Crippen molar-refractivity contribution in [2.75, 3.05) is 7.11 Å². The Morgan fingerprint density at radius 1 is 1.17 bits per heavy atom. The van der Waals surface area contributed by atoms with E-state index in [9.17, 15) is 36.5 Å². The molecule has 1 aromatic carbocycles. The molecule has 0 N–H and O–H groups in total. The summed E-state index contributed by atoms with van der Waals surface area (Å²) in [6.45, 7) is 0. The van der Waals surface area contributed by atoms with Crippen molar-refractivity contribution in [3.05, 3.63) is 51.3 Å². The van der Waals surface area contributed by atoms with Gasteiger partial charge in [0.05, 0.1) is 23.3 Å². The van der Waals surface area contributed by atoms with Gasteiger partial charge < -0.3 is 4.74 Å². The van der Waals surface area contributed by atoms with Crippen LogP contribution in [0.2, 0.25) is 0 Å². The molecule has 1 aliphatic carbocycles. The van der Waals surface area contributed by atoms with Gasteiger partial charge in [-0.3, -0.25) is 14.7 Å². The third-order valence-corrected chi connectivity index (χ3v) is 4.06. The van der Waals surface area contributed by atoms with Gasteiger partial charge in [-0.25, -0.2) is 9.98 Å². The summed E-state index contributed by atoms with van der Waals surface area (Å²) in [5.41, 5.74) is -5.13. The van der Waals surface area contributed by atoms with Crippen LogP contribution >= 0.6 is 0 Å². The number of nitro benzene ring substituents is 1. The Balaban J connectivity index is 2.31. The first-order valence-electron chi connectivity index (χ1n) is 8.07. The van der Waals surface area contributed by atoms with Gasteiger partial charge in [0.25, 0.3) is 5.69 Å². The van der Waals surface area contributed by atoms with Crippen LogP contribution < -0.4 is 10.4 Å². The van der Waals surface area contributed by atoms with E-state index in [-0.39, 0.29) is 18.0 Å². The zero-order valence-electron chi connectivity index (χ0n) is 14.6. The fourth-order valence-corrected chi connectivity index (χ4v) is 2.61. The van der Waals surface area contributed by atoms with E-state index in [1.807, 2.05) is 0 Å². The summed E-state index contributed by atoms with van der Waals surface area (Å²) in [6.07, 6.45) is -8.80. The molecule has 0 unspecified atom stereocenters. The Morgan fingerprint density at radius 3 is 2.31 bits per heavy atom. The van der Waals surface area contributed by atoms with E-state index in [1.54, 1.807) is 0 Å². The van der Waals surface area contributed by atoms with E-state index < -0.39 is 45.5 Å². The van der Waals surface area contributed by atoms with Crippen LogP contribution in [-0.4, -0.2) is 21.6 Å². The maximum atomic E-state index is 13.4. The van der Waals surface area contributed by atoms with Gasteiger partial charge >= 0.3 is 12.4 Å². The highest BCUT2D eigenvalue weighted by molar-refractivity contribution is 5.53. The topological polar surface area (TPSA) is 82.6 Å². The summed E-state index contributed by atoms with van der Waals surface area (Å²) in [7, 11) is 1.12. The molecule has 0 amide bonds. The van der Waals surface area contributed by atoms with E-state index in [4.69, 9.17) is 4.74 Å². The average Bonchev–Trinajstić information content (AvgIpc) is 3.44. The third kappa shape index (κ3) is 4.32. The number of hydrogen-bond acceptors (Lipinski definition) is 5. The largest absolute Gasteiger partial charge is 0.482 e. The molecule has 0 radical (unpaired) electrons. The minimum absolute atomic E-state index is 0.260. The van der Waals surface area contributed by atoms with Crippen LogP contribution in [0.15, 0.2) is 29.3 Å². The molecule has 0 atom stereocenters. The highest BCUT2D eigenvalue weighted by atomic mass is 19.4. The lowest BCUT2D eigenvalue weighted by Gasteiger charge is -2.15. The Labute approximate surface area is 158 Å². The standard InChI is InChI=1S/C16H12F6N4O3/c1-29-13-7-12(16(20,21)22)24-14(25(13)8-2-3-8)23-11-5-4-9(26(27)28)6-10(11)15(17,18)19/h4-8H,2-3H2,1H3. The molecule has 0 saturated heterocycles. The van der Waals surface area contributed by atoms with Gasteiger partial charge in [-0.05, 0) is 18.9 Å². The quantitative estimate of drug-likeness (QED) is 0.415. The summed E-state index contributed by atoms with van der Waals surface area (Å²) < 4.78 is 85.7. The number of nitro groups is 1. The Morgan fingerprint density at radius 2 is 1.83 bits per heavy atom. The van der Waals surface area contributed by atoms with Gasteiger partial charge in [-0.1, -0.05) is 0 Å². The van der Waals surface area contributed by atoms with Crippen molar-refractivity contribution in [1.29, 1.82) is 0 Å². The van der Waals surface area contributed by atoms with E-state index in [1.165, 1.54) is 4.57 Å². The van der Waals surface area contributed by atoms with Crippen LogP contribution in [0.25, 0.3) is 0 Å². The molecule has 1 heterocycles. The number of rotatable bonds is 4. The average molecular weight is 422 g/mol. The van der Waals surface area contributed by atoms with Crippen LogP contribution in [-0.2, 0) is 12.4 Å². The fraction of sp³-hybridized carbons (Fsp3) is 0.375. The predicted octanol–water partition coefficient (Wildman–Crippen LogP) is 4.40. The fourth-order valence-electron chi connectivity index (χ4n) is 2.61. The van der Waals surface area contributed by atoms with Crippen LogP contribution in [0.5, 0.6) is 5.88 Å². The van der Waals surface area contributed by atoms with E-state index in [2.05, 4.69) is 9.98 Å². The molecule has 1 saturated carbocycles. The van der Waals surface area contributed by atoms with Crippen molar-refractivity contribution in [3.8, 4) is 5.88 Å². The highest BCUT2D eigenvalue weighted by Gasteiger charge is 2.37. The normalized spacial score (nSPS) is 15.5. The zero-order valence-corrected chi connectivity index (χ0v) is 14.6. The number of ether oxygens (including phenoxy) is 1. The third-order valence-electron chi connectivity index (χ3n) is 4.06. The molecule has 29 heavy (non-hydrogen) atoms. The van der Waals surface area contributed by atoms with Crippen molar-refractivity contribution in [2.45, 2.75) is 31.2 Å². The van der Waals surface area contributed by atoms with Crippen molar-refractivity contribution in [3.63, 3.8) is 0 Å². The zero-order chi connectivity index (χ0) is 21.6. The molecule has 1 aromatic heterocycles. The van der Waals surface area contributed by atoms with Crippen molar-refractivity contribution in [2.24, 2.45) is 4.99 Å². The van der Waals surface area contributed by atoms with Crippen LogP contribution in [0.4, 0.5) is 37.7 Å². The SMILES string of the molecule is COc1cc(C(F)(F)F)nc(=Nc2ccc([N+](=O)[O-])cc2C(F)(F)F)n1C1CC1. The predicted molar refractivity (Wildman–Crippen MR) is 85.4 cm³/mol. The van der Waals surface area contributed by atoms with E-state index in [0.717, 1.165) is 13.2 Å². The highest BCUT2D eigenvalue weighted by Crippen LogP contribution is 2.40. The summed E-state index contributed by atoms with van der Waals surface area (Å²) in [6, 6.07) is 2.07. The molecule has 0 bridgehead atoms. The molecule has 0 aliphatic heterocycles. The summed E-state index contributed by atoms with van der Waals surface area (Å²) >= 11 is 0. The first-order chi connectivity index (χ1) is 13.4. The molecule has 2 aromatic rings. The number of halogens is 6. The van der Waals surface area contributed by atoms with Crippen molar-refractivity contribution in [1.82, 2.24) is 9.55 Å². The second-order valence-corrected chi connectivity index (χ2v) is 6.15. The molecule has 3 rings (SSSR count). The number of methoxy groups -OCH3 is 1. The van der Waals surface area contributed by atoms with Gasteiger partial charge in [-0.2, -0.15) is 26.3 Å². The summed E-state index contributed by atoms with van der Waals surface area (Å²) in [5, 5.41) is 10.8. The van der Waals surface area contributed by atoms with Gasteiger partial charge in [0.2, 0.25) is 5.62 Å². The summed E-state index contributed by atoms with van der Waals surface area (Å²) in [4.78, 5) is 16.8. The maximum absolute atomic E-state index is 13.4. The van der Waals surface area contributed by atoms with Crippen molar-refractivity contribution >= 4 is 11.4 Å². The minimum Gasteiger partial charge on any atom is -0.482 e. The second kappa shape index (κ2) is 7.04. The number of non-ortho nitro benzene ring substituents is 1. The molecular formula is C16H12F6N4O3. The van der Waals surface area contributed by atoms with Crippen LogP contribution in [0.3, 0.4) is 0 Å². The minimum atomic E-state index is -5.03. The number of nitrogens with zero attached hydrogens (tertiary/aromatic N) is 4. The van der Waals surface area contributed by atoms with E-state index >= 15 is 0 Å².